The van der Waals surface area contributed by atoms with E-state index in [1.165, 1.54) is 18.2 Å². The highest BCUT2D eigenvalue weighted by molar-refractivity contribution is 7.89. The minimum atomic E-state index is -3.88. The van der Waals surface area contributed by atoms with E-state index in [1.807, 2.05) is 0 Å². The first-order valence-corrected chi connectivity index (χ1v) is 7.82. The smallest absolute Gasteiger partial charge is 0.321 e. The van der Waals surface area contributed by atoms with Gasteiger partial charge in [0, 0.05) is 6.04 Å². The number of esters is 1. The summed E-state index contributed by atoms with van der Waals surface area (Å²) in [5.74, 6) is -1.22. The Bertz CT molecular complexity index is 598. The molecule has 0 heterocycles. The summed E-state index contributed by atoms with van der Waals surface area (Å²) in [6, 6.07) is 4.57. The number of carbonyl (C=O) groups is 1. The maximum atomic E-state index is 13.2. The summed E-state index contributed by atoms with van der Waals surface area (Å²) < 4.78 is 44.0. The molecule has 5 nitrogen and oxygen atoms in total. The Morgan fingerprint density at radius 2 is 2.15 bits per heavy atom. The Kier molecular flexibility index (Phi) is 4.39. The molecule has 1 fully saturated rings. The predicted octanol–water partition coefficient (Wildman–Crippen LogP) is 1.54. The summed E-state index contributed by atoms with van der Waals surface area (Å²) in [6.45, 7) is 1.51. The Morgan fingerprint density at radius 3 is 2.70 bits per heavy atom. The van der Waals surface area contributed by atoms with Crippen molar-refractivity contribution >= 4 is 16.0 Å². The highest BCUT2D eigenvalue weighted by Crippen LogP contribution is 2.32. The number of halogens is 1. The number of sulfonamides is 1. The maximum Gasteiger partial charge on any atom is 0.321 e. The van der Waals surface area contributed by atoms with Crippen molar-refractivity contribution in [1.82, 2.24) is 4.31 Å². The van der Waals surface area contributed by atoms with E-state index in [0.29, 0.717) is 12.8 Å². The van der Waals surface area contributed by atoms with Gasteiger partial charge in [-0.05, 0) is 38.0 Å². The molecule has 1 aliphatic carbocycles. The first-order chi connectivity index (χ1) is 9.45. The van der Waals surface area contributed by atoms with Crippen molar-refractivity contribution in [1.29, 1.82) is 0 Å². The lowest BCUT2D eigenvalue weighted by atomic mass is 10.4. The molecule has 0 amide bonds. The van der Waals surface area contributed by atoms with E-state index in [0.717, 1.165) is 10.4 Å². The minimum absolute atomic E-state index is 0.145. The van der Waals surface area contributed by atoms with Gasteiger partial charge in [-0.3, -0.25) is 4.79 Å². The van der Waals surface area contributed by atoms with Crippen molar-refractivity contribution < 1.29 is 22.3 Å². The molecule has 0 radical (unpaired) electrons. The monoisotopic (exact) mass is 301 g/mol. The Balaban J connectivity index is 2.26. The Hall–Kier alpha value is -1.47. The third-order valence-corrected chi connectivity index (χ3v) is 4.84. The quantitative estimate of drug-likeness (QED) is 0.748. The van der Waals surface area contributed by atoms with Gasteiger partial charge >= 0.3 is 5.97 Å². The number of rotatable bonds is 6. The fourth-order valence-electron chi connectivity index (χ4n) is 1.87. The van der Waals surface area contributed by atoms with Crippen molar-refractivity contribution in [3.63, 3.8) is 0 Å². The molecule has 0 atom stereocenters. The molecule has 0 aliphatic heterocycles. The van der Waals surface area contributed by atoms with Crippen LogP contribution in [0.3, 0.4) is 0 Å². The number of ether oxygens (including phenoxy) is 1. The van der Waals surface area contributed by atoms with Crippen LogP contribution in [0.1, 0.15) is 19.8 Å². The molecule has 1 aromatic rings. The molecule has 7 heteroatoms. The molecule has 20 heavy (non-hydrogen) atoms. The van der Waals surface area contributed by atoms with E-state index < -0.39 is 21.8 Å². The van der Waals surface area contributed by atoms with Crippen LogP contribution in [-0.2, 0) is 19.6 Å². The van der Waals surface area contributed by atoms with Crippen LogP contribution in [0.5, 0.6) is 0 Å². The molecular weight excluding hydrogens is 285 g/mol. The van der Waals surface area contributed by atoms with E-state index in [4.69, 9.17) is 4.74 Å². The highest BCUT2D eigenvalue weighted by atomic mass is 32.2. The van der Waals surface area contributed by atoms with Gasteiger partial charge in [0.25, 0.3) is 0 Å². The van der Waals surface area contributed by atoms with E-state index in [9.17, 15) is 17.6 Å². The van der Waals surface area contributed by atoms with Gasteiger partial charge in [0.15, 0.2) is 0 Å². The van der Waals surface area contributed by atoms with Gasteiger partial charge in [0.05, 0.1) is 11.5 Å². The van der Waals surface area contributed by atoms with Crippen LogP contribution in [-0.4, -0.2) is 37.9 Å². The van der Waals surface area contributed by atoms with Gasteiger partial charge in [-0.2, -0.15) is 4.31 Å². The standard InChI is InChI=1S/C13H16FNO4S/c1-2-19-13(16)9-15(11-6-7-11)20(17,18)12-5-3-4-10(14)8-12/h3-5,8,11H,2,6-7,9H2,1H3. The number of carbonyl (C=O) groups excluding carboxylic acids is 1. The fourth-order valence-corrected chi connectivity index (χ4v) is 3.53. The van der Waals surface area contributed by atoms with Crippen LogP contribution < -0.4 is 0 Å². The summed E-state index contributed by atoms with van der Waals surface area (Å²) in [5, 5.41) is 0. The predicted molar refractivity (Wildman–Crippen MR) is 69.9 cm³/mol. The SMILES string of the molecule is CCOC(=O)CN(C1CC1)S(=O)(=O)c1cccc(F)c1. The van der Waals surface area contributed by atoms with E-state index in [-0.39, 0.29) is 24.1 Å². The van der Waals surface area contributed by atoms with E-state index in [1.54, 1.807) is 6.92 Å². The topological polar surface area (TPSA) is 63.7 Å². The molecule has 110 valence electrons. The van der Waals surface area contributed by atoms with Crippen LogP contribution in [0.2, 0.25) is 0 Å². The number of nitrogens with zero attached hydrogens (tertiary/aromatic N) is 1. The summed E-state index contributed by atoms with van der Waals surface area (Å²) >= 11 is 0. The molecule has 1 aromatic carbocycles. The average Bonchev–Trinajstić information content (AvgIpc) is 3.20. The Morgan fingerprint density at radius 1 is 1.45 bits per heavy atom. The van der Waals surface area contributed by atoms with Gasteiger partial charge < -0.3 is 4.74 Å². The molecule has 0 spiro atoms. The van der Waals surface area contributed by atoms with Crippen molar-refractivity contribution in [3.8, 4) is 0 Å². The first kappa shape index (κ1) is 14.9. The van der Waals surface area contributed by atoms with Gasteiger partial charge in [0.2, 0.25) is 10.0 Å². The van der Waals surface area contributed by atoms with Crippen LogP contribution in [0.15, 0.2) is 29.2 Å². The third kappa shape index (κ3) is 3.34. The molecular formula is C13H16FNO4S. The second-order valence-electron chi connectivity index (χ2n) is 4.54. The molecule has 1 aliphatic rings. The molecule has 0 saturated heterocycles. The summed E-state index contributed by atoms with van der Waals surface area (Å²) in [6.07, 6.45) is 1.40. The van der Waals surface area contributed by atoms with E-state index >= 15 is 0 Å². The van der Waals surface area contributed by atoms with Crippen LogP contribution in [0, 0.1) is 5.82 Å². The molecule has 2 rings (SSSR count). The molecule has 0 aromatic heterocycles. The number of hydrogen-bond acceptors (Lipinski definition) is 4. The van der Waals surface area contributed by atoms with Gasteiger partial charge in [0.1, 0.15) is 12.4 Å². The van der Waals surface area contributed by atoms with Crippen LogP contribution in [0.4, 0.5) is 4.39 Å². The van der Waals surface area contributed by atoms with Crippen molar-refractivity contribution in [2.75, 3.05) is 13.2 Å². The summed E-state index contributed by atoms with van der Waals surface area (Å²) in [7, 11) is -3.88. The highest BCUT2D eigenvalue weighted by Gasteiger charge is 2.39. The van der Waals surface area contributed by atoms with Crippen molar-refractivity contribution in [2.45, 2.75) is 30.7 Å². The molecule has 0 N–H and O–H groups in total. The first-order valence-electron chi connectivity index (χ1n) is 6.38. The average molecular weight is 301 g/mol. The third-order valence-electron chi connectivity index (χ3n) is 2.95. The molecule has 0 unspecified atom stereocenters. The van der Waals surface area contributed by atoms with Crippen molar-refractivity contribution in [2.24, 2.45) is 0 Å². The van der Waals surface area contributed by atoms with Crippen molar-refractivity contribution in [3.05, 3.63) is 30.1 Å². The second-order valence-corrected chi connectivity index (χ2v) is 6.43. The van der Waals surface area contributed by atoms with Gasteiger partial charge in [-0.25, -0.2) is 12.8 Å². The zero-order valence-electron chi connectivity index (χ0n) is 11.1. The van der Waals surface area contributed by atoms with Crippen LogP contribution in [0.25, 0.3) is 0 Å². The fraction of sp³-hybridized carbons (Fsp3) is 0.462. The van der Waals surface area contributed by atoms with Gasteiger partial charge in [-0.1, -0.05) is 6.07 Å². The normalized spacial score (nSPS) is 15.3. The lowest BCUT2D eigenvalue weighted by Crippen LogP contribution is -2.38. The minimum Gasteiger partial charge on any atom is -0.465 e. The van der Waals surface area contributed by atoms with E-state index in [2.05, 4.69) is 0 Å². The number of benzene rings is 1. The van der Waals surface area contributed by atoms with Crippen LogP contribution >= 0.6 is 0 Å². The Labute approximate surface area is 117 Å². The summed E-state index contributed by atoms with van der Waals surface area (Å²) in [4.78, 5) is 11.4. The number of hydrogen-bond donors (Lipinski definition) is 0. The zero-order chi connectivity index (χ0) is 14.8. The zero-order valence-corrected chi connectivity index (χ0v) is 11.9. The largest absolute Gasteiger partial charge is 0.465 e. The molecule has 1 saturated carbocycles. The summed E-state index contributed by atoms with van der Waals surface area (Å²) in [5.41, 5.74) is 0. The lowest BCUT2D eigenvalue weighted by Gasteiger charge is -2.20. The second kappa shape index (κ2) is 5.88. The molecule has 0 bridgehead atoms. The lowest BCUT2D eigenvalue weighted by molar-refractivity contribution is -0.143. The maximum absolute atomic E-state index is 13.2. The van der Waals surface area contributed by atoms with Gasteiger partial charge in [-0.15, -0.1) is 0 Å².